The van der Waals surface area contributed by atoms with E-state index >= 15 is 0 Å². The molecule has 0 saturated carbocycles. The predicted octanol–water partition coefficient (Wildman–Crippen LogP) is 4.83. The first-order valence-corrected chi connectivity index (χ1v) is 7.06. The number of alkyl halides is 3. The summed E-state index contributed by atoms with van der Waals surface area (Å²) in [6, 6.07) is 7.53. The van der Waals surface area contributed by atoms with Gasteiger partial charge in [0.2, 0.25) is 0 Å². The number of fused-ring (bicyclic) bond motifs is 1. The van der Waals surface area contributed by atoms with Crippen LogP contribution in [-0.2, 0) is 12.7 Å². The number of hydrogen-bond acceptors (Lipinski definition) is 2. The molecule has 0 aliphatic carbocycles. The average molecular weight is 314 g/mol. The van der Waals surface area contributed by atoms with Gasteiger partial charge in [0, 0.05) is 4.88 Å². The van der Waals surface area contributed by atoms with E-state index in [9.17, 15) is 13.2 Å². The Bertz CT molecular complexity index is 797. The highest BCUT2D eigenvalue weighted by Gasteiger charge is 2.30. The van der Waals surface area contributed by atoms with Crippen LogP contribution in [-0.4, -0.2) is 9.55 Å². The Morgan fingerprint density at radius 2 is 2.05 bits per heavy atom. The van der Waals surface area contributed by atoms with Crippen molar-refractivity contribution in [2.75, 3.05) is 0 Å². The lowest BCUT2D eigenvalue weighted by Gasteiger charge is -2.07. The normalized spacial score (nSPS) is 12.2. The number of imidazole rings is 1. The van der Waals surface area contributed by atoms with Crippen LogP contribution >= 0.6 is 23.6 Å². The molecule has 1 aromatic carbocycles. The maximum absolute atomic E-state index is 12.7. The maximum Gasteiger partial charge on any atom is 0.416 e. The molecule has 2 heterocycles. The SMILES string of the molecule is FC(F)(F)c1ccc2c(c1)[nH]c(=S)n2Cc1cccs1. The molecule has 0 fully saturated rings. The molecule has 2 nitrogen and oxygen atoms in total. The summed E-state index contributed by atoms with van der Waals surface area (Å²) in [6.07, 6.45) is -4.35. The first-order chi connectivity index (χ1) is 9.45. The molecule has 2 aromatic heterocycles. The molecule has 0 atom stereocenters. The zero-order valence-electron chi connectivity index (χ0n) is 10.1. The van der Waals surface area contributed by atoms with Crippen LogP contribution in [0.3, 0.4) is 0 Å². The minimum absolute atomic E-state index is 0.404. The van der Waals surface area contributed by atoms with Crippen LogP contribution in [0.15, 0.2) is 35.7 Å². The van der Waals surface area contributed by atoms with Crippen molar-refractivity contribution < 1.29 is 13.2 Å². The van der Waals surface area contributed by atoms with E-state index in [2.05, 4.69) is 4.98 Å². The Balaban J connectivity index is 2.10. The molecule has 1 N–H and O–H groups in total. The second kappa shape index (κ2) is 4.75. The quantitative estimate of drug-likeness (QED) is 0.672. The van der Waals surface area contributed by atoms with Crippen molar-refractivity contribution in [3.8, 4) is 0 Å². The molecular formula is C13H9F3N2S2. The van der Waals surface area contributed by atoms with Gasteiger partial charge >= 0.3 is 6.18 Å². The second-order valence-electron chi connectivity index (χ2n) is 4.33. The van der Waals surface area contributed by atoms with Gasteiger partial charge in [-0.1, -0.05) is 6.07 Å². The number of aromatic nitrogens is 2. The molecular weight excluding hydrogens is 305 g/mol. The van der Waals surface area contributed by atoms with Gasteiger partial charge in [0.05, 0.1) is 23.1 Å². The molecule has 3 aromatic rings. The zero-order valence-corrected chi connectivity index (χ0v) is 11.7. The van der Waals surface area contributed by atoms with E-state index in [1.54, 1.807) is 15.9 Å². The van der Waals surface area contributed by atoms with Crippen LogP contribution < -0.4 is 0 Å². The first kappa shape index (κ1) is 13.4. The van der Waals surface area contributed by atoms with Crippen molar-refractivity contribution in [3.63, 3.8) is 0 Å². The summed E-state index contributed by atoms with van der Waals surface area (Å²) in [5.74, 6) is 0. The molecule has 0 aliphatic rings. The highest BCUT2D eigenvalue weighted by Crippen LogP contribution is 2.31. The van der Waals surface area contributed by atoms with Crippen LogP contribution in [0.5, 0.6) is 0 Å². The number of rotatable bonds is 2. The van der Waals surface area contributed by atoms with Crippen LogP contribution in [0.1, 0.15) is 10.4 Å². The third kappa shape index (κ3) is 2.38. The topological polar surface area (TPSA) is 20.7 Å². The monoisotopic (exact) mass is 314 g/mol. The molecule has 0 amide bonds. The zero-order chi connectivity index (χ0) is 14.3. The minimum atomic E-state index is -4.35. The van der Waals surface area contributed by atoms with Gasteiger partial charge in [-0.3, -0.25) is 0 Å². The standard InChI is InChI=1S/C13H9F3N2S2/c14-13(15,16)8-3-4-11-10(6-8)17-12(19)18(11)7-9-2-1-5-20-9/h1-6H,7H2,(H,17,19). The fourth-order valence-corrected chi connectivity index (χ4v) is 3.02. The number of aromatic amines is 1. The van der Waals surface area contributed by atoms with Crippen LogP contribution in [0.2, 0.25) is 0 Å². The van der Waals surface area contributed by atoms with Gasteiger partial charge in [-0.15, -0.1) is 11.3 Å². The number of H-pyrrole nitrogens is 1. The van der Waals surface area contributed by atoms with E-state index < -0.39 is 11.7 Å². The molecule has 3 rings (SSSR count). The van der Waals surface area contributed by atoms with Gasteiger partial charge in [0.1, 0.15) is 0 Å². The highest BCUT2D eigenvalue weighted by atomic mass is 32.1. The first-order valence-electron chi connectivity index (χ1n) is 5.77. The maximum atomic E-state index is 12.7. The molecule has 0 bridgehead atoms. The Kier molecular flexibility index (Phi) is 3.18. The molecule has 0 saturated heterocycles. The molecule has 20 heavy (non-hydrogen) atoms. The number of nitrogens with zero attached hydrogens (tertiary/aromatic N) is 1. The highest BCUT2D eigenvalue weighted by molar-refractivity contribution is 7.71. The number of hydrogen-bond donors (Lipinski definition) is 1. The smallest absolute Gasteiger partial charge is 0.331 e. The third-order valence-corrected chi connectivity index (χ3v) is 4.18. The van der Waals surface area contributed by atoms with Gasteiger partial charge in [0.25, 0.3) is 0 Å². The van der Waals surface area contributed by atoms with Crippen molar-refractivity contribution in [3.05, 3.63) is 50.9 Å². The van der Waals surface area contributed by atoms with Crippen molar-refractivity contribution in [2.24, 2.45) is 0 Å². The van der Waals surface area contributed by atoms with Crippen molar-refractivity contribution in [1.29, 1.82) is 0 Å². The Hall–Kier alpha value is -1.60. The minimum Gasteiger partial charge on any atom is -0.331 e. The molecule has 0 spiro atoms. The fourth-order valence-electron chi connectivity index (χ4n) is 2.06. The molecule has 0 unspecified atom stereocenters. The van der Waals surface area contributed by atoms with Crippen LogP contribution in [0.4, 0.5) is 13.2 Å². The molecule has 7 heteroatoms. The lowest BCUT2D eigenvalue weighted by molar-refractivity contribution is -0.137. The van der Waals surface area contributed by atoms with Crippen molar-refractivity contribution in [2.45, 2.75) is 12.7 Å². The lowest BCUT2D eigenvalue weighted by Crippen LogP contribution is -2.04. The van der Waals surface area contributed by atoms with Gasteiger partial charge in [-0.25, -0.2) is 0 Å². The van der Waals surface area contributed by atoms with E-state index in [1.807, 2.05) is 17.5 Å². The Morgan fingerprint density at radius 3 is 2.70 bits per heavy atom. The van der Waals surface area contributed by atoms with Crippen molar-refractivity contribution in [1.82, 2.24) is 9.55 Å². The third-order valence-electron chi connectivity index (χ3n) is 3.00. The summed E-state index contributed by atoms with van der Waals surface area (Å²) < 4.78 is 40.3. The summed E-state index contributed by atoms with van der Waals surface area (Å²) >= 11 is 6.78. The summed E-state index contributed by atoms with van der Waals surface area (Å²) in [5.41, 5.74) is 0.405. The van der Waals surface area contributed by atoms with E-state index in [4.69, 9.17) is 12.2 Å². The van der Waals surface area contributed by atoms with E-state index in [1.165, 1.54) is 6.07 Å². The molecule has 0 radical (unpaired) electrons. The number of halogens is 3. The Morgan fingerprint density at radius 1 is 1.25 bits per heavy atom. The van der Waals surface area contributed by atoms with Crippen molar-refractivity contribution >= 4 is 34.6 Å². The summed E-state index contributed by atoms with van der Waals surface area (Å²) in [6.45, 7) is 0.557. The predicted molar refractivity (Wildman–Crippen MR) is 75.5 cm³/mol. The van der Waals surface area contributed by atoms with Gasteiger partial charge in [-0.2, -0.15) is 13.2 Å². The molecule has 104 valence electrons. The van der Waals surface area contributed by atoms with Crippen LogP contribution in [0.25, 0.3) is 11.0 Å². The van der Waals surface area contributed by atoms with E-state index in [0.29, 0.717) is 22.3 Å². The number of benzene rings is 1. The van der Waals surface area contributed by atoms with E-state index in [-0.39, 0.29) is 0 Å². The van der Waals surface area contributed by atoms with Gasteiger partial charge in [0.15, 0.2) is 4.77 Å². The van der Waals surface area contributed by atoms with Gasteiger partial charge in [-0.05, 0) is 41.9 Å². The summed E-state index contributed by atoms with van der Waals surface area (Å²) in [7, 11) is 0. The van der Waals surface area contributed by atoms with Gasteiger partial charge < -0.3 is 9.55 Å². The molecule has 0 aliphatic heterocycles. The average Bonchev–Trinajstić information content (AvgIpc) is 2.97. The number of thiophene rings is 1. The summed E-state index contributed by atoms with van der Waals surface area (Å²) in [5, 5.41) is 1.95. The fraction of sp³-hybridized carbons (Fsp3) is 0.154. The summed E-state index contributed by atoms with van der Waals surface area (Å²) in [4.78, 5) is 3.93. The van der Waals surface area contributed by atoms with E-state index in [0.717, 1.165) is 17.0 Å². The number of nitrogens with one attached hydrogen (secondary N) is 1. The largest absolute Gasteiger partial charge is 0.416 e. The Labute approximate surface area is 121 Å². The lowest BCUT2D eigenvalue weighted by atomic mass is 10.2. The van der Waals surface area contributed by atoms with Crippen LogP contribution in [0, 0.1) is 4.77 Å². The second-order valence-corrected chi connectivity index (χ2v) is 5.74.